The van der Waals surface area contributed by atoms with Crippen LogP contribution in [0, 0.1) is 5.92 Å². The fourth-order valence-corrected chi connectivity index (χ4v) is 1.71. The molecule has 0 fully saturated rings. The van der Waals surface area contributed by atoms with Crippen LogP contribution in [0.4, 0.5) is 5.82 Å². The monoisotopic (exact) mass is 251 g/mol. The molecule has 1 aromatic rings. The van der Waals surface area contributed by atoms with Crippen LogP contribution in [0.5, 0.6) is 0 Å². The van der Waals surface area contributed by atoms with Crippen molar-refractivity contribution in [3.63, 3.8) is 0 Å². The Morgan fingerprint density at radius 1 is 1.22 bits per heavy atom. The number of anilines is 1. The largest absolute Gasteiger partial charge is 0.375 e. The Hall–Kier alpha value is -1.16. The molecule has 0 spiro atoms. The molecular formula is C14H25N3O. The van der Waals surface area contributed by atoms with Gasteiger partial charge in [-0.3, -0.25) is 4.98 Å². The second kappa shape index (κ2) is 8.86. The van der Waals surface area contributed by atoms with E-state index in [2.05, 4.69) is 36.1 Å². The van der Waals surface area contributed by atoms with E-state index in [-0.39, 0.29) is 0 Å². The lowest BCUT2D eigenvalue weighted by molar-refractivity contribution is 0.0870. The van der Waals surface area contributed by atoms with E-state index in [4.69, 9.17) is 4.74 Å². The fourth-order valence-electron chi connectivity index (χ4n) is 1.71. The van der Waals surface area contributed by atoms with Crippen LogP contribution in [0.2, 0.25) is 0 Å². The number of nitrogens with zero attached hydrogens (tertiary/aromatic N) is 2. The number of aromatic nitrogens is 2. The van der Waals surface area contributed by atoms with E-state index in [0.29, 0.717) is 12.5 Å². The van der Waals surface area contributed by atoms with Gasteiger partial charge in [-0.1, -0.05) is 27.2 Å². The van der Waals surface area contributed by atoms with Crippen LogP contribution in [0.1, 0.15) is 45.7 Å². The third-order valence-corrected chi connectivity index (χ3v) is 2.70. The first-order valence-corrected chi connectivity index (χ1v) is 6.88. The quantitative estimate of drug-likeness (QED) is 0.732. The van der Waals surface area contributed by atoms with Crippen molar-refractivity contribution in [3.05, 3.63) is 18.1 Å². The van der Waals surface area contributed by atoms with Gasteiger partial charge in [-0.2, -0.15) is 0 Å². The molecule has 1 atom stereocenters. The smallest absolute Gasteiger partial charge is 0.144 e. The van der Waals surface area contributed by atoms with Crippen molar-refractivity contribution in [3.8, 4) is 0 Å². The average molecular weight is 251 g/mol. The van der Waals surface area contributed by atoms with Gasteiger partial charge in [0.05, 0.1) is 24.7 Å². The zero-order chi connectivity index (χ0) is 13.2. The fraction of sp³-hybridized carbons (Fsp3) is 0.714. The molecule has 0 bridgehead atoms. The Morgan fingerprint density at radius 3 is 2.67 bits per heavy atom. The molecule has 0 aliphatic heterocycles. The summed E-state index contributed by atoms with van der Waals surface area (Å²) < 4.78 is 5.63. The first-order valence-electron chi connectivity index (χ1n) is 6.88. The average Bonchev–Trinajstić information content (AvgIpc) is 2.38. The highest BCUT2D eigenvalue weighted by Gasteiger charge is 2.02. The Bertz CT molecular complexity index is 313. The Balaban J connectivity index is 2.26. The Labute approximate surface area is 110 Å². The molecule has 0 saturated heterocycles. The lowest BCUT2D eigenvalue weighted by Crippen LogP contribution is -2.07. The molecule has 102 valence electrons. The molecule has 1 N–H and O–H groups in total. The zero-order valence-corrected chi connectivity index (χ0v) is 11.8. The van der Waals surface area contributed by atoms with Crippen LogP contribution in [-0.2, 0) is 11.3 Å². The number of rotatable bonds is 9. The molecule has 1 heterocycles. The van der Waals surface area contributed by atoms with Crippen LogP contribution >= 0.6 is 0 Å². The molecular weight excluding hydrogens is 226 g/mol. The van der Waals surface area contributed by atoms with E-state index in [1.807, 2.05) is 0 Å². The van der Waals surface area contributed by atoms with E-state index in [1.165, 1.54) is 12.8 Å². The maximum Gasteiger partial charge on any atom is 0.144 e. The van der Waals surface area contributed by atoms with E-state index in [9.17, 15) is 0 Å². The molecule has 0 aromatic carbocycles. The highest BCUT2D eigenvalue weighted by Crippen LogP contribution is 2.07. The molecule has 0 saturated carbocycles. The van der Waals surface area contributed by atoms with Crippen LogP contribution in [0.25, 0.3) is 0 Å². The minimum absolute atomic E-state index is 0.551. The predicted molar refractivity (Wildman–Crippen MR) is 74.5 cm³/mol. The maximum atomic E-state index is 5.63. The van der Waals surface area contributed by atoms with Crippen molar-refractivity contribution in [2.24, 2.45) is 5.92 Å². The van der Waals surface area contributed by atoms with E-state index in [1.54, 1.807) is 12.4 Å². The third-order valence-electron chi connectivity index (χ3n) is 2.70. The maximum absolute atomic E-state index is 5.63. The van der Waals surface area contributed by atoms with Gasteiger partial charge in [-0.15, -0.1) is 0 Å². The zero-order valence-electron chi connectivity index (χ0n) is 11.8. The second-order valence-corrected chi connectivity index (χ2v) is 4.73. The van der Waals surface area contributed by atoms with Crippen LogP contribution < -0.4 is 5.32 Å². The summed E-state index contributed by atoms with van der Waals surface area (Å²) in [6, 6.07) is 0. The number of nitrogens with one attached hydrogen (secondary N) is 1. The van der Waals surface area contributed by atoms with Gasteiger partial charge in [0.2, 0.25) is 0 Å². The van der Waals surface area contributed by atoms with Crippen molar-refractivity contribution >= 4 is 5.82 Å². The highest BCUT2D eigenvalue weighted by atomic mass is 16.5. The van der Waals surface area contributed by atoms with Gasteiger partial charge in [0, 0.05) is 13.2 Å². The van der Waals surface area contributed by atoms with Crippen molar-refractivity contribution in [1.82, 2.24) is 9.97 Å². The summed E-state index contributed by atoms with van der Waals surface area (Å²) >= 11 is 0. The lowest BCUT2D eigenvalue weighted by Gasteiger charge is -2.10. The van der Waals surface area contributed by atoms with Gasteiger partial charge in [-0.05, 0) is 18.8 Å². The molecule has 0 aliphatic carbocycles. The van der Waals surface area contributed by atoms with Crippen molar-refractivity contribution in [1.29, 1.82) is 0 Å². The van der Waals surface area contributed by atoms with Gasteiger partial charge in [-0.25, -0.2) is 4.98 Å². The second-order valence-electron chi connectivity index (χ2n) is 4.73. The highest BCUT2D eigenvalue weighted by molar-refractivity contribution is 5.30. The minimum Gasteiger partial charge on any atom is -0.375 e. The van der Waals surface area contributed by atoms with Crippen molar-refractivity contribution < 1.29 is 4.74 Å². The van der Waals surface area contributed by atoms with E-state index < -0.39 is 0 Å². The van der Waals surface area contributed by atoms with Crippen LogP contribution in [-0.4, -0.2) is 23.1 Å². The summed E-state index contributed by atoms with van der Waals surface area (Å²) in [5, 5.41) is 3.20. The predicted octanol–water partition coefficient (Wildman–Crippen LogP) is 3.25. The van der Waals surface area contributed by atoms with Gasteiger partial charge in [0.15, 0.2) is 0 Å². The van der Waals surface area contributed by atoms with Crippen molar-refractivity contribution in [2.45, 2.75) is 46.6 Å². The molecule has 18 heavy (non-hydrogen) atoms. The van der Waals surface area contributed by atoms with Gasteiger partial charge in [0.25, 0.3) is 0 Å². The molecule has 0 aliphatic rings. The standard InChI is InChI=1S/C14H25N3O/c1-4-6-12(3)10-18-11-13-8-17-14(9-16-13)15-7-5-2/h8-9,12H,4-7,10-11H2,1-3H3,(H,15,17). The van der Waals surface area contributed by atoms with E-state index >= 15 is 0 Å². The molecule has 1 rings (SSSR count). The number of hydrogen-bond donors (Lipinski definition) is 1. The minimum atomic E-state index is 0.551. The summed E-state index contributed by atoms with van der Waals surface area (Å²) in [7, 11) is 0. The van der Waals surface area contributed by atoms with Gasteiger partial charge >= 0.3 is 0 Å². The van der Waals surface area contributed by atoms with Crippen LogP contribution in [0.15, 0.2) is 12.4 Å². The first kappa shape index (κ1) is 14.9. The first-order chi connectivity index (χ1) is 8.76. The topological polar surface area (TPSA) is 47.0 Å². The Kier molecular flexibility index (Phi) is 7.34. The molecule has 4 heteroatoms. The number of hydrogen-bond acceptors (Lipinski definition) is 4. The van der Waals surface area contributed by atoms with Crippen LogP contribution in [0.3, 0.4) is 0 Å². The molecule has 1 aromatic heterocycles. The molecule has 4 nitrogen and oxygen atoms in total. The Morgan fingerprint density at radius 2 is 2.06 bits per heavy atom. The van der Waals surface area contributed by atoms with Gasteiger partial charge in [0.1, 0.15) is 5.82 Å². The third kappa shape index (κ3) is 5.96. The summed E-state index contributed by atoms with van der Waals surface area (Å²) in [6.45, 7) is 8.82. The summed E-state index contributed by atoms with van der Waals surface area (Å²) in [4.78, 5) is 8.62. The normalized spacial score (nSPS) is 12.4. The molecule has 0 radical (unpaired) electrons. The number of ether oxygens (including phenoxy) is 1. The SMILES string of the molecule is CCCNc1cnc(COCC(C)CCC)cn1. The van der Waals surface area contributed by atoms with E-state index in [0.717, 1.165) is 31.1 Å². The van der Waals surface area contributed by atoms with Gasteiger partial charge < -0.3 is 10.1 Å². The summed E-state index contributed by atoms with van der Waals surface area (Å²) in [5.74, 6) is 1.45. The summed E-state index contributed by atoms with van der Waals surface area (Å²) in [5.41, 5.74) is 0.890. The summed E-state index contributed by atoms with van der Waals surface area (Å²) in [6.07, 6.45) is 7.06. The molecule has 1 unspecified atom stereocenters. The lowest BCUT2D eigenvalue weighted by atomic mass is 10.1. The van der Waals surface area contributed by atoms with Crippen molar-refractivity contribution in [2.75, 3.05) is 18.5 Å². The molecule has 0 amide bonds.